The number of rotatable bonds is 16. The fourth-order valence-corrected chi connectivity index (χ4v) is 12.5. The molecule has 0 aromatic heterocycles. The van der Waals surface area contributed by atoms with Gasteiger partial charge in [0.25, 0.3) is 12.9 Å². The highest BCUT2D eigenvalue weighted by atomic mass is 16.5. The number of aliphatic hydroxyl groups excluding tert-OH is 1. The molecule has 0 spiro atoms. The zero-order chi connectivity index (χ0) is 40.0. The van der Waals surface area contributed by atoms with Crippen LogP contribution in [0.2, 0.25) is 0 Å². The summed E-state index contributed by atoms with van der Waals surface area (Å²) in [6.07, 6.45) is 12.4. The van der Waals surface area contributed by atoms with Gasteiger partial charge in [-0.05, 0) is 155 Å². The van der Waals surface area contributed by atoms with E-state index < -0.39 is 0 Å². The number of carbonyl (C=O) groups excluding carboxylic acids is 4. The molecule has 5 aliphatic carbocycles. The second kappa shape index (κ2) is 18.5. The van der Waals surface area contributed by atoms with Crippen molar-refractivity contribution < 1.29 is 48.0 Å². The third-order valence-corrected chi connectivity index (χ3v) is 15.4. The van der Waals surface area contributed by atoms with E-state index >= 15 is 0 Å². The summed E-state index contributed by atoms with van der Waals surface area (Å²) in [5.41, 5.74) is 1.64. The molecule has 310 valence electrons. The second-order valence-corrected chi connectivity index (χ2v) is 18.4. The quantitative estimate of drug-likeness (QED) is 0.0763. The van der Waals surface area contributed by atoms with Crippen molar-refractivity contribution in [3.05, 3.63) is 41.5 Å². The van der Waals surface area contributed by atoms with Gasteiger partial charge in [-0.25, -0.2) is 4.79 Å². The molecule has 5 aliphatic rings. The number of hydrogen-bond acceptors (Lipinski definition) is 10. The number of ether oxygens (including phenoxy) is 5. The maximum atomic E-state index is 13.5. The van der Waals surface area contributed by atoms with E-state index in [1.807, 2.05) is 19.1 Å². The first-order chi connectivity index (χ1) is 26.9. The van der Waals surface area contributed by atoms with Gasteiger partial charge in [0.1, 0.15) is 30.7 Å². The molecule has 0 radical (unpaired) electrons. The minimum atomic E-state index is -0.365. The Balaban J connectivity index is 1.06. The SMILES string of the molecule is CCOC(=O)/C=C(\C)COc1ccc(C[C@H]2CCCC[C@H]2OC(=O)CC[C@@H](C)[C@H]2CC[C@H]3[C@@H]4[C@H](OC=O)C[C@@H]5C[C@H](O)CC[C@]5(C)[C@H]4C[C@H](OC=O)[C@]23C)cc1. The Morgan fingerprint density at radius 3 is 2.41 bits per heavy atom. The van der Waals surface area contributed by atoms with E-state index in [2.05, 4.69) is 32.9 Å². The van der Waals surface area contributed by atoms with Crippen molar-refractivity contribution in [1.82, 2.24) is 0 Å². The fourth-order valence-electron chi connectivity index (χ4n) is 12.5. The third-order valence-electron chi connectivity index (χ3n) is 15.4. The first kappa shape index (κ1) is 42.2. The second-order valence-electron chi connectivity index (χ2n) is 18.4. The lowest BCUT2D eigenvalue weighted by Crippen LogP contribution is -2.63. The van der Waals surface area contributed by atoms with Gasteiger partial charge in [0.15, 0.2) is 0 Å². The fraction of sp³-hybridized carbons (Fsp3) is 0.739. The van der Waals surface area contributed by atoms with Crippen LogP contribution in [0.3, 0.4) is 0 Å². The summed E-state index contributed by atoms with van der Waals surface area (Å²) in [6.45, 7) is 12.4. The molecule has 0 aliphatic heterocycles. The normalized spacial score (nSPS) is 37.1. The molecule has 56 heavy (non-hydrogen) atoms. The van der Waals surface area contributed by atoms with Crippen molar-refractivity contribution in [2.45, 2.75) is 149 Å². The molecule has 5 saturated carbocycles. The highest BCUT2D eigenvalue weighted by Crippen LogP contribution is 2.69. The van der Waals surface area contributed by atoms with Crippen molar-refractivity contribution in [2.75, 3.05) is 13.2 Å². The Morgan fingerprint density at radius 2 is 1.68 bits per heavy atom. The van der Waals surface area contributed by atoms with Crippen LogP contribution < -0.4 is 4.74 Å². The molecule has 0 heterocycles. The monoisotopic (exact) mass is 778 g/mol. The van der Waals surface area contributed by atoms with E-state index in [1.165, 1.54) is 11.6 Å². The van der Waals surface area contributed by atoms with Crippen LogP contribution in [-0.2, 0) is 44.5 Å². The van der Waals surface area contributed by atoms with Crippen LogP contribution in [0, 0.1) is 52.3 Å². The zero-order valence-corrected chi connectivity index (χ0v) is 34.3. The predicted octanol–water partition coefficient (Wildman–Crippen LogP) is 7.96. The molecule has 1 N–H and O–H groups in total. The molecule has 6 rings (SSSR count). The van der Waals surface area contributed by atoms with Gasteiger partial charge in [-0.3, -0.25) is 14.4 Å². The Hall–Kier alpha value is -3.40. The summed E-state index contributed by atoms with van der Waals surface area (Å²) in [5.74, 6) is 1.82. The van der Waals surface area contributed by atoms with Crippen LogP contribution in [0.1, 0.15) is 124 Å². The average molecular weight is 779 g/mol. The summed E-state index contributed by atoms with van der Waals surface area (Å²) in [4.78, 5) is 49.1. The molecule has 0 saturated heterocycles. The summed E-state index contributed by atoms with van der Waals surface area (Å²) >= 11 is 0. The van der Waals surface area contributed by atoms with Crippen molar-refractivity contribution in [1.29, 1.82) is 0 Å². The lowest BCUT2D eigenvalue weighted by molar-refractivity contribution is -0.217. The summed E-state index contributed by atoms with van der Waals surface area (Å²) in [7, 11) is 0. The van der Waals surface area contributed by atoms with E-state index in [4.69, 9.17) is 23.7 Å². The van der Waals surface area contributed by atoms with Crippen molar-refractivity contribution in [3.8, 4) is 5.75 Å². The van der Waals surface area contributed by atoms with E-state index in [-0.39, 0.29) is 88.6 Å². The molecular formula is C46H66O10. The highest BCUT2D eigenvalue weighted by molar-refractivity contribution is 5.82. The first-order valence-corrected chi connectivity index (χ1v) is 21.5. The van der Waals surface area contributed by atoms with Gasteiger partial charge < -0.3 is 28.8 Å². The Labute approximate surface area is 333 Å². The average Bonchev–Trinajstić information content (AvgIpc) is 3.53. The maximum absolute atomic E-state index is 13.5. The molecule has 5 fully saturated rings. The van der Waals surface area contributed by atoms with E-state index in [0.717, 1.165) is 88.4 Å². The lowest BCUT2D eigenvalue weighted by Gasteiger charge is -2.64. The van der Waals surface area contributed by atoms with Crippen molar-refractivity contribution >= 4 is 24.9 Å². The zero-order valence-electron chi connectivity index (χ0n) is 34.3. The van der Waals surface area contributed by atoms with Gasteiger partial charge >= 0.3 is 11.9 Å². The van der Waals surface area contributed by atoms with E-state index in [9.17, 15) is 24.3 Å². The molecule has 0 unspecified atom stereocenters. The summed E-state index contributed by atoms with van der Waals surface area (Å²) in [5, 5.41) is 10.6. The van der Waals surface area contributed by atoms with Crippen LogP contribution in [0.4, 0.5) is 0 Å². The Morgan fingerprint density at radius 1 is 0.929 bits per heavy atom. The Bertz CT molecular complexity index is 1540. The standard InChI is InChI=1S/C46H66O10/c1-6-52-43(51)21-29(2)26-53-35-14-12-31(13-15-35)22-32-9-7-8-10-39(32)56-42(50)18-11-30(3)36-16-17-37-44-38(25-41(55-28-48)46(36,37)5)45(4)20-19-34(49)23-33(45)24-40(44)54-27-47/h12-15,21,27-28,30,32-34,36-41,44,49H,6-11,16-20,22-26H2,1-5H3/b29-21+/t30-,32-,33+,34-,36-,37+,38+,39-,40-,41+,44+,45+,46-/m1/s1. The summed E-state index contributed by atoms with van der Waals surface area (Å²) in [6, 6.07) is 8.04. The number of esters is 2. The number of aliphatic hydroxyl groups is 1. The molecule has 1 aromatic carbocycles. The summed E-state index contributed by atoms with van der Waals surface area (Å²) < 4.78 is 29.1. The number of benzene rings is 1. The van der Waals surface area contributed by atoms with Gasteiger partial charge in [0.05, 0.1) is 12.7 Å². The van der Waals surface area contributed by atoms with Gasteiger partial charge in [-0.2, -0.15) is 0 Å². The number of hydrogen-bond donors (Lipinski definition) is 1. The van der Waals surface area contributed by atoms with Gasteiger partial charge in [-0.15, -0.1) is 0 Å². The van der Waals surface area contributed by atoms with Gasteiger partial charge in [0.2, 0.25) is 0 Å². The topological polar surface area (TPSA) is 135 Å². The lowest BCUT2D eigenvalue weighted by atomic mass is 9.43. The Kier molecular flexibility index (Phi) is 13.9. The molecule has 10 heteroatoms. The predicted molar refractivity (Wildman–Crippen MR) is 210 cm³/mol. The van der Waals surface area contributed by atoms with E-state index in [1.54, 1.807) is 6.92 Å². The molecule has 13 atom stereocenters. The maximum Gasteiger partial charge on any atom is 0.330 e. The molecule has 0 bridgehead atoms. The van der Waals surface area contributed by atoms with E-state index in [0.29, 0.717) is 39.0 Å². The van der Waals surface area contributed by atoms with Gasteiger partial charge in [-0.1, -0.05) is 39.3 Å². The van der Waals surface area contributed by atoms with Crippen LogP contribution >= 0.6 is 0 Å². The molecule has 1 aromatic rings. The molecule has 0 amide bonds. The smallest absolute Gasteiger partial charge is 0.330 e. The van der Waals surface area contributed by atoms with Crippen molar-refractivity contribution in [3.63, 3.8) is 0 Å². The number of fused-ring (bicyclic) bond motifs is 5. The highest BCUT2D eigenvalue weighted by Gasteiger charge is 2.67. The minimum Gasteiger partial charge on any atom is -0.489 e. The van der Waals surface area contributed by atoms with Gasteiger partial charge in [0, 0.05) is 23.8 Å². The van der Waals surface area contributed by atoms with Crippen LogP contribution in [-0.4, -0.2) is 67.6 Å². The minimum absolute atomic E-state index is 0.00878. The third kappa shape index (κ3) is 9.00. The first-order valence-electron chi connectivity index (χ1n) is 21.5. The van der Waals surface area contributed by atoms with Crippen molar-refractivity contribution in [2.24, 2.45) is 52.3 Å². The molecular weight excluding hydrogens is 712 g/mol. The van der Waals surface area contributed by atoms with Crippen LogP contribution in [0.25, 0.3) is 0 Å². The molecule has 10 nitrogen and oxygen atoms in total. The number of carbonyl (C=O) groups is 4. The van der Waals surface area contributed by atoms with Crippen LogP contribution in [0.5, 0.6) is 5.75 Å². The largest absolute Gasteiger partial charge is 0.489 e. The van der Waals surface area contributed by atoms with Crippen LogP contribution in [0.15, 0.2) is 35.9 Å².